The molecular weight excluding hydrogens is 278 g/mol. The van der Waals surface area contributed by atoms with Crippen molar-refractivity contribution in [2.75, 3.05) is 13.1 Å². The number of benzene rings is 1. The van der Waals surface area contributed by atoms with Crippen LogP contribution in [0.25, 0.3) is 0 Å². The van der Waals surface area contributed by atoms with Gasteiger partial charge >= 0.3 is 5.97 Å². The zero-order valence-electron chi connectivity index (χ0n) is 12.8. The number of aliphatic carboxylic acids is 1. The lowest BCUT2D eigenvalue weighted by Crippen LogP contribution is -2.39. The molecule has 0 radical (unpaired) electrons. The van der Waals surface area contributed by atoms with Crippen LogP contribution in [0, 0.1) is 11.3 Å². The van der Waals surface area contributed by atoms with Crippen molar-refractivity contribution in [3.63, 3.8) is 0 Å². The van der Waals surface area contributed by atoms with Crippen molar-refractivity contribution in [2.24, 2.45) is 11.3 Å². The molecule has 0 saturated heterocycles. The van der Waals surface area contributed by atoms with Gasteiger partial charge in [0.1, 0.15) is 6.54 Å². The van der Waals surface area contributed by atoms with Gasteiger partial charge in [-0.3, -0.25) is 9.59 Å². The quantitative estimate of drug-likeness (QED) is 0.879. The highest BCUT2D eigenvalue weighted by molar-refractivity contribution is 5.86. The molecule has 2 fully saturated rings. The molecule has 4 nitrogen and oxygen atoms in total. The summed E-state index contributed by atoms with van der Waals surface area (Å²) in [5.41, 5.74) is 1.36. The minimum absolute atomic E-state index is 0.0558. The number of carbonyl (C=O) groups excluding carboxylic acids is 1. The number of hydrogen-bond acceptors (Lipinski definition) is 2. The molecule has 1 N–H and O–H groups in total. The summed E-state index contributed by atoms with van der Waals surface area (Å²) >= 11 is 0. The standard InChI is InChI=1S/C18H23NO3/c20-16(21)13-19(11-8-14-6-2-1-3-7-14)17(22)15-12-18(15)9-4-5-10-18/h1-3,6-7,15H,4-5,8-13H2,(H,20,21). The molecule has 1 aromatic rings. The molecule has 1 unspecified atom stereocenters. The molecule has 2 saturated carbocycles. The van der Waals surface area contributed by atoms with E-state index in [9.17, 15) is 9.59 Å². The molecule has 2 aliphatic carbocycles. The molecule has 2 aliphatic rings. The molecule has 1 spiro atoms. The minimum Gasteiger partial charge on any atom is -0.480 e. The zero-order chi connectivity index (χ0) is 15.6. The highest BCUT2D eigenvalue weighted by Crippen LogP contribution is 2.63. The summed E-state index contributed by atoms with van der Waals surface area (Å²) in [5.74, 6) is -0.798. The maximum atomic E-state index is 12.7. The van der Waals surface area contributed by atoms with Gasteiger partial charge in [0.2, 0.25) is 5.91 Å². The van der Waals surface area contributed by atoms with Gasteiger partial charge in [-0.2, -0.15) is 0 Å². The average Bonchev–Trinajstić information content (AvgIpc) is 3.00. The van der Waals surface area contributed by atoms with Crippen LogP contribution in [0.15, 0.2) is 30.3 Å². The first kappa shape index (κ1) is 15.1. The van der Waals surface area contributed by atoms with E-state index >= 15 is 0 Å². The Morgan fingerprint density at radius 2 is 1.86 bits per heavy atom. The molecule has 0 bridgehead atoms. The fraction of sp³-hybridized carbons (Fsp3) is 0.556. The van der Waals surface area contributed by atoms with E-state index in [2.05, 4.69) is 0 Å². The third kappa shape index (κ3) is 3.16. The van der Waals surface area contributed by atoms with E-state index in [0.29, 0.717) is 13.0 Å². The van der Waals surface area contributed by atoms with Crippen molar-refractivity contribution in [1.29, 1.82) is 0 Å². The van der Waals surface area contributed by atoms with Crippen LogP contribution in [0.1, 0.15) is 37.7 Å². The van der Waals surface area contributed by atoms with E-state index in [0.717, 1.165) is 24.8 Å². The van der Waals surface area contributed by atoms with E-state index in [4.69, 9.17) is 5.11 Å². The van der Waals surface area contributed by atoms with Gasteiger partial charge in [-0.1, -0.05) is 43.2 Å². The van der Waals surface area contributed by atoms with Crippen molar-refractivity contribution in [1.82, 2.24) is 4.90 Å². The van der Waals surface area contributed by atoms with Gasteiger partial charge in [0.05, 0.1) is 0 Å². The topological polar surface area (TPSA) is 57.6 Å². The second-order valence-electron chi connectivity index (χ2n) is 6.72. The van der Waals surface area contributed by atoms with Gasteiger partial charge in [-0.15, -0.1) is 0 Å². The zero-order valence-corrected chi connectivity index (χ0v) is 12.8. The summed E-state index contributed by atoms with van der Waals surface area (Å²) in [6.45, 7) is 0.306. The maximum absolute atomic E-state index is 12.7. The summed E-state index contributed by atoms with van der Waals surface area (Å²) in [6, 6.07) is 9.91. The summed E-state index contributed by atoms with van der Waals surface area (Å²) < 4.78 is 0. The Kier molecular flexibility index (Phi) is 4.19. The molecule has 0 aromatic heterocycles. The van der Waals surface area contributed by atoms with Gasteiger partial charge in [-0.05, 0) is 36.7 Å². The fourth-order valence-corrected chi connectivity index (χ4v) is 3.89. The molecule has 0 heterocycles. The van der Waals surface area contributed by atoms with E-state index in [-0.39, 0.29) is 23.8 Å². The van der Waals surface area contributed by atoms with Crippen LogP contribution >= 0.6 is 0 Å². The van der Waals surface area contributed by atoms with Crippen molar-refractivity contribution in [3.8, 4) is 0 Å². The number of nitrogens with zero attached hydrogens (tertiary/aromatic N) is 1. The van der Waals surface area contributed by atoms with Gasteiger partial charge in [0.25, 0.3) is 0 Å². The van der Waals surface area contributed by atoms with Gasteiger partial charge in [0.15, 0.2) is 0 Å². The molecule has 3 rings (SSSR count). The van der Waals surface area contributed by atoms with Crippen molar-refractivity contribution in [2.45, 2.75) is 38.5 Å². The normalized spacial score (nSPS) is 21.7. The summed E-state index contributed by atoms with van der Waals surface area (Å²) in [7, 11) is 0. The monoisotopic (exact) mass is 301 g/mol. The lowest BCUT2D eigenvalue weighted by molar-refractivity contribution is -0.145. The van der Waals surface area contributed by atoms with Crippen LogP contribution in [-0.2, 0) is 16.0 Å². The van der Waals surface area contributed by atoms with Gasteiger partial charge in [-0.25, -0.2) is 0 Å². The molecule has 1 atom stereocenters. The maximum Gasteiger partial charge on any atom is 0.323 e. The molecule has 1 aromatic carbocycles. The molecular formula is C18H23NO3. The second kappa shape index (κ2) is 6.11. The van der Waals surface area contributed by atoms with Crippen LogP contribution in [0.5, 0.6) is 0 Å². The summed E-state index contributed by atoms with van der Waals surface area (Å²) in [4.78, 5) is 25.3. The summed E-state index contributed by atoms with van der Waals surface area (Å²) in [6.07, 6.45) is 6.39. The SMILES string of the molecule is O=C(O)CN(CCc1ccccc1)C(=O)C1CC12CCCC2. The Morgan fingerprint density at radius 1 is 1.18 bits per heavy atom. The minimum atomic E-state index is -0.928. The number of amides is 1. The van der Waals surface area contributed by atoms with Crippen LogP contribution in [0.2, 0.25) is 0 Å². The molecule has 118 valence electrons. The molecule has 0 aliphatic heterocycles. The highest BCUT2D eigenvalue weighted by atomic mass is 16.4. The predicted octanol–water partition coefficient (Wildman–Crippen LogP) is 2.72. The van der Waals surface area contributed by atoms with Gasteiger partial charge in [0, 0.05) is 12.5 Å². The Balaban J connectivity index is 1.62. The Bertz CT molecular complexity index is 549. The largest absolute Gasteiger partial charge is 0.480 e. The number of carboxylic acid groups (broad SMARTS) is 1. The molecule has 1 amide bonds. The summed E-state index contributed by atoms with van der Waals surface area (Å²) in [5, 5.41) is 9.10. The first-order valence-electron chi connectivity index (χ1n) is 8.15. The van der Waals surface area contributed by atoms with E-state index in [1.807, 2.05) is 30.3 Å². The van der Waals surface area contributed by atoms with Crippen molar-refractivity contribution >= 4 is 11.9 Å². The van der Waals surface area contributed by atoms with Crippen LogP contribution in [-0.4, -0.2) is 35.0 Å². The third-order valence-electron chi connectivity index (χ3n) is 5.24. The Hall–Kier alpha value is -1.84. The first-order valence-corrected chi connectivity index (χ1v) is 8.15. The van der Waals surface area contributed by atoms with Crippen molar-refractivity contribution < 1.29 is 14.7 Å². The predicted molar refractivity (Wildman–Crippen MR) is 83.4 cm³/mol. The smallest absolute Gasteiger partial charge is 0.323 e. The highest BCUT2D eigenvalue weighted by Gasteiger charge is 2.59. The number of carboxylic acids is 1. The van der Waals surface area contributed by atoms with Crippen LogP contribution in [0.3, 0.4) is 0 Å². The average molecular weight is 301 g/mol. The second-order valence-corrected chi connectivity index (χ2v) is 6.72. The fourth-order valence-electron chi connectivity index (χ4n) is 3.89. The third-order valence-corrected chi connectivity index (χ3v) is 5.24. The van der Waals surface area contributed by atoms with Crippen LogP contribution in [0.4, 0.5) is 0 Å². The lowest BCUT2D eigenvalue weighted by atomic mass is 10.0. The Morgan fingerprint density at radius 3 is 2.50 bits per heavy atom. The molecule has 4 heteroatoms. The van der Waals surface area contributed by atoms with E-state index in [1.54, 1.807) is 4.90 Å². The number of hydrogen-bond donors (Lipinski definition) is 1. The first-order chi connectivity index (χ1) is 10.6. The van der Waals surface area contributed by atoms with Gasteiger partial charge < -0.3 is 10.0 Å². The number of carbonyl (C=O) groups is 2. The Labute approximate surface area is 131 Å². The van der Waals surface area contributed by atoms with E-state index < -0.39 is 5.97 Å². The van der Waals surface area contributed by atoms with Crippen molar-refractivity contribution in [3.05, 3.63) is 35.9 Å². The molecule has 22 heavy (non-hydrogen) atoms. The van der Waals surface area contributed by atoms with E-state index in [1.165, 1.54) is 12.8 Å². The number of rotatable bonds is 6. The van der Waals surface area contributed by atoms with Crippen LogP contribution < -0.4 is 0 Å². The lowest BCUT2D eigenvalue weighted by Gasteiger charge is -2.22.